The highest BCUT2D eigenvalue weighted by Gasteiger charge is 2.11. The van der Waals surface area contributed by atoms with E-state index in [1.165, 1.54) is 12.4 Å². The SMILES string of the molecule is Cc1nc(-c2ccccc2)sc1CNc1ncnc2c(F)cccc12. The first-order chi connectivity index (χ1) is 12.2. The van der Waals surface area contributed by atoms with Crippen LogP contribution in [0.2, 0.25) is 0 Å². The number of benzene rings is 2. The van der Waals surface area contributed by atoms with Crippen LogP contribution in [0, 0.1) is 12.7 Å². The van der Waals surface area contributed by atoms with E-state index in [4.69, 9.17) is 0 Å². The molecule has 4 nitrogen and oxygen atoms in total. The number of fused-ring (bicyclic) bond motifs is 1. The zero-order chi connectivity index (χ0) is 17.2. The van der Waals surface area contributed by atoms with Crippen molar-refractivity contribution in [3.63, 3.8) is 0 Å². The zero-order valence-corrected chi connectivity index (χ0v) is 14.3. The topological polar surface area (TPSA) is 50.7 Å². The van der Waals surface area contributed by atoms with Crippen molar-refractivity contribution < 1.29 is 4.39 Å². The minimum absolute atomic E-state index is 0.325. The van der Waals surface area contributed by atoms with Gasteiger partial charge in [0.15, 0.2) is 0 Å². The van der Waals surface area contributed by atoms with E-state index in [1.807, 2.05) is 31.2 Å². The van der Waals surface area contributed by atoms with Crippen molar-refractivity contribution in [3.8, 4) is 10.6 Å². The maximum absolute atomic E-state index is 13.9. The summed E-state index contributed by atoms with van der Waals surface area (Å²) in [4.78, 5) is 14.1. The highest BCUT2D eigenvalue weighted by Crippen LogP contribution is 2.29. The number of anilines is 1. The van der Waals surface area contributed by atoms with Crippen molar-refractivity contribution in [2.75, 3.05) is 5.32 Å². The second-order valence-corrected chi connectivity index (χ2v) is 6.69. The molecule has 2 heterocycles. The molecule has 0 fully saturated rings. The van der Waals surface area contributed by atoms with Crippen molar-refractivity contribution in [3.05, 3.63) is 71.2 Å². The lowest BCUT2D eigenvalue weighted by molar-refractivity contribution is 0.636. The van der Waals surface area contributed by atoms with Crippen molar-refractivity contribution in [1.29, 1.82) is 0 Å². The Bertz CT molecular complexity index is 1030. The van der Waals surface area contributed by atoms with Gasteiger partial charge in [-0.25, -0.2) is 19.3 Å². The summed E-state index contributed by atoms with van der Waals surface area (Å²) in [6.07, 6.45) is 1.38. The molecule has 4 aromatic rings. The molecule has 2 aromatic carbocycles. The summed E-state index contributed by atoms with van der Waals surface area (Å²) in [5.41, 5.74) is 2.42. The summed E-state index contributed by atoms with van der Waals surface area (Å²) in [6.45, 7) is 2.58. The summed E-state index contributed by atoms with van der Waals surface area (Å²) in [5, 5.41) is 4.96. The molecule has 4 rings (SSSR count). The Hall–Kier alpha value is -2.86. The molecule has 0 atom stereocenters. The highest BCUT2D eigenvalue weighted by molar-refractivity contribution is 7.15. The van der Waals surface area contributed by atoms with Crippen LogP contribution in [0.25, 0.3) is 21.5 Å². The van der Waals surface area contributed by atoms with E-state index in [0.717, 1.165) is 21.1 Å². The number of hydrogen-bond acceptors (Lipinski definition) is 5. The minimum atomic E-state index is -0.344. The standard InChI is InChI=1S/C19H15FN4S/c1-12-16(25-19(24-12)13-6-3-2-4-7-13)10-21-18-14-8-5-9-15(20)17(14)22-11-23-18/h2-9,11H,10H2,1H3,(H,21,22,23). The summed E-state index contributed by atoms with van der Waals surface area (Å²) < 4.78 is 13.9. The van der Waals surface area contributed by atoms with Crippen molar-refractivity contribution in [2.24, 2.45) is 0 Å². The number of hydrogen-bond donors (Lipinski definition) is 1. The number of nitrogens with zero attached hydrogens (tertiary/aromatic N) is 3. The van der Waals surface area contributed by atoms with Crippen LogP contribution in [0.3, 0.4) is 0 Å². The van der Waals surface area contributed by atoms with Crippen LogP contribution in [0.5, 0.6) is 0 Å². The maximum Gasteiger partial charge on any atom is 0.149 e. The van der Waals surface area contributed by atoms with Crippen molar-refractivity contribution in [1.82, 2.24) is 15.0 Å². The molecule has 0 saturated carbocycles. The Kier molecular flexibility index (Phi) is 4.11. The highest BCUT2D eigenvalue weighted by atomic mass is 32.1. The summed E-state index contributed by atoms with van der Waals surface area (Å²) in [6, 6.07) is 15.0. The van der Waals surface area contributed by atoms with Crippen LogP contribution < -0.4 is 5.32 Å². The molecule has 0 bridgehead atoms. The summed E-state index contributed by atoms with van der Waals surface area (Å²) in [7, 11) is 0. The smallest absolute Gasteiger partial charge is 0.149 e. The number of para-hydroxylation sites is 1. The minimum Gasteiger partial charge on any atom is -0.364 e. The second kappa shape index (κ2) is 6.57. The van der Waals surface area contributed by atoms with Crippen molar-refractivity contribution in [2.45, 2.75) is 13.5 Å². The lowest BCUT2D eigenvalue weighted by atomic mass is 10.2. The Morgan fingerprint density at radius 3 is 2.72 bits per heavy atom. The van der Waals surface area contributed by atoms with E-state index in [9.17, 15) is 4.39 Å². The molecule has 1 N–H and O–H groups in total. The summed E-state index contributed by atoms with van der Waals surface area (Å²) in [5.74, 6) is 0.279. The maximum atomic E-state index is 13.9. The zero-order valence-electron chi connectivity index (χ0n) is 13.5. The van der Waals surface area contributed by atoms with E-state index in [2.05, 4.69) is 32.4 Å². The molecular weight excluding hydrogens is 335 g/mol. The van der Waals surface area contributed by atoms with Crippen LogP contribution in [-0.4, -0.2) is 15.0 Å². The van der Waals surface area contributed by atoms with Gasteiger partial charge in [0, 0.05) is 15.8 Å². The fourth-order valence-electron chi connectivity index (χ4n) is 2.65. The van der Waals surface area contributed by atoms with E-state index in [-0.39, 0.29) is 5.82 Å². The molecule has 25 heavy (non-hydrogen) atoms. The van der Waals surface area contributed by atoms with Gasteiger partial charge in [0.25, 0.3) is 0 Å². The average Bonchev–Trinajstić information content (AvgIpc) is 3.02. The molecular formula is C19H15FN4S. The Morgan fingerprint density at radius 1 is 1.04 bits per heavy atom. The first-order valence-electron chi connectivity index (χ1n) is 7.87. The van der Waals surface area contributed by atoms with Gasteiger partial charge in [0.2, 0.25) is 0 Å². The number of nitrogens with one attached hydrogen (secondary N) is 1. The third-order valence-electron chi connectivity index (χ3n) is 3.95. The van der Waals surface area contributed by atoms with Crippen LogP contribution in [0.1, 0.15) is 10.6 Å². The van der Waals surface area contributed by atoms with E-state index >= 15 is 0 Å². The Balaban J connectivity index is 1.60. The van der Waals surface area contributed by atoms with Gasteiger partial charge in [-0.2, -0.15) is 0 Å². The fraction of sp³-hybridized carbons (Fsp3) is 0.105. The normalized spacial score (nSPS) is 11.0. The number of aryl methyl sites for hydroxylation is 1. The van der Waals surface area contributed by atoms with E-state index in [1.54, 1.807) is 17.4 Å². The van der Waals surface area contributed by atoms with E-state index in [0.29, 0.717) is 23.3 Å². The van der Waals surface area contributed by atoms with Crippen molar-refractivity contribution >= 4 is 28.1 Å². The van der Waals surface area contributed by atoms with Crippen LogP contribution in [-0.2, 0) is 6.54 Å². The molecule has 0 aliphatic heterocycles. The molecule has 124 valence electrons. The molecule has 0 amide bonds. The molecule has 0 spiro atoms. The lowest BCUT2D eigenvalue weighted by Gasteiger charge is -2.07. The molecule has 6 heteroatoms. The predicted molar refractivity (Wildman–Crippen MR) is 99.1 cm³/mol. The molecule has 0 saturated heterocycles. The van der Waals surface area contributed by atoms with Gasteiger partial charge in [-0.3, -0.25) is 0 Å². The molecule has 0 aliphatic rings. The molecule has 0 aliphatic carbocycles. The van der Waals surface area contributed by atoms with Gasteiger partial charge < -0.3 is 5.32 Å². The monoisotopic (exact) mass is 350 g/mol. The fourth-order valence-corrected chi connectivity index (χ4v) is 3.66. The Labute approximate surface area is 148 Å². The van der Waals surface area contributed by atoms with E-state index < -0.39 is 0 Å². The van der Waals surface area contributed by atoms with Gasteiger partial charge in [-0.15, -0.1) is 11.3 Å². The Morgan fingerprint density at radius 2 is 1.88 bits per heavy atom. The third kappa shape index (κ3) is 3.08. The van der Waals surface area contributed by atoms with Gasteiger partial charge in [0.1, 0.15) is 28.5 Å². The average molecular weight is 350 g/mol. The summed E-state index contributed by atoms with van der Waals surface area (Å²) >= 11 is 1.65. The number of aromatic nitrogens is 3. The third-order valence-corrected chi connectivity index (χ3v) is 5.15. The first kappa shape index (κ1) is 15.7. The number of thiazole rings is 1. The molecule has 0 radical (unpaired) electrons. The van der Waals surface area contributed by atoms with Gasteiger partial charge in [-0.1, -0.05) is 36.4 Å². The largest absolute Gasteiger partial charge is 0.364 e. The lowest BCUT2D eigenvalue weighted by Crippen LogP contribution is -2.02. The second-order valence-electron chi connectivity index (χ2n) is 5.61. The van der Waals surface area contributed by atoms with Gasteiger partial charge in [0.05, 0.1) is 12.2 Å². The van der Waals surface area contributed by atoms with Crippen LogP contribution in [0.4, 0.5) is 10.2 Å². The number of rotatable bonds is 4. The first-order valence-corrected chi connectivity index (χ1v) is 8.69. The van der Waals surface area contributed by atoms with Crippen LogP contribution >= 0.6 is 11.3 Å². The van der Waals surface area contributed by atoms with Gasteiger partial charge >= 0.3 is 0 Å². The predicted octanol–water partition coefficient (Wildman–Crippen LogP) is 4.81. The van der Waals surface area contributed by atoms with Crippen LogP contribution in [0.15, 0.2) is 54.9 Å². The molecule has 2 aromatic heterocycles. The quantitative estimate of drug-likeness (QED) is 0.574. The molecule has 0 unspecified atom stereocenters. The van der Waals surface area contributed by atoms with Gasteiger partial charge in [-0.05, 0) is 19.1 Å². The number of halogens is 1.